The zero-order valence-electron chi connectivity index (χ0n) is 13.0. The lowest BCUT2D eigenvalue weighted by atomic mass is 9.83. The number of fused-ring (bicyclic) bond motifs is 1. The molecule has 0 bridgehead atoms. The number of nitrogens with two attached hydrogens (primary N) is 1. The normalized spacial score (nSPS) is 15.4. The first-order valence-electron chi connectivity index (χ1n) is 7.43. The first kappa shape index (κ1) is 15.5. The standard InChI is InChI=1S/C17H26N2S/c1-12(11-17(2,3)4)9-13(18)10-16-19-14-7-5-6-8-15(14)20-16/h5-8,12-13H,9-11,18H2,1-4H3. The molecular weight excluding hydrogens is 264 g/mol. The first-order chi connectivity index (χ1) is 9.33. The van der Waals surface area contributed by atoms with Gasteiger partial charge in [-0.15, -0.1) is 11.3 Å². The Kier molecular flexibility index (Phi) is 4.82. The van der Waals surface area contributed by atoms with Gasteiger partial charge in [-0.2, -0.15) is 0 Å². The molecule has 1 heterocycles. The minimum atomic E-state index is 0.216. The van der Waals surface area contributed by atoms with Gasteiger partial charge >= 0.3 is 0 Å². The van der Waals surface area contributed by atoms with E-state index in [1.165, 1.54) is 16.1 Å². The van der Waals surface area contributed by atoms with Crippen molar-refractivity contribution in [2.24, 2.45) is 17.1 Å². The molecule has 2 unspecified atom stereocenters. The van der Waals surface area contributed by atoms with Crippen molar-refractivity contribution in [3.63, 3.8) is 0 Å². The Morgan fingerprint density at radius 3 is 2.60 bits per heavy atom. The molecule has 2 nitrogen and oxygen atoms in total. The highest BCUT2D eigenvalue weighted by molar-refractivity contribution is 7.18. The van der Waals surface area contributed by atoms with Gasteiger partial charge in [0.1, 0.15) is 0 Å². The molecule has 0 spiro atoms. The van der Waals surface area contributed by atoms with Crippen LogP contribution in [0.4, 0.5) is 0 Å². The molecule has 3 heteroatoms. The molecule has 110 valence electrons. The van der Waals surface area contributed by atoms with E-state index in [1.54, 1.807) is 11.3 Å². The summed E-state index contributed by atoms with van der Waals surface area (Å²) >= 11 is 1.77. The van der Waals surface area contributed by atoms with E-state index in [0.717, 1.165) is 18.4 Å². The summed E-state index contributed by atoms with van der Waals surface area (Å²) in [5, 5.41) is 1.17. The maximum Gasteiger partial charge on any atom is 0.0954 e. The van der Waals surface area contributed by atoms with Gasteiger partial charge in [-0.1, -0.05) is 39.8 Å². The molecule has 0 radical (unpaired) electrons. The van der Waals surface area contributed by atoms with E-state index in [0.29, 0.717) is 11.3 Å². The van der Waals surface area contributed by atoms with E-state index in [4.69, 9.17) is 5.73 Å². The second-order valence-corrected chi connectivity index (χ2v) is 8.26. The molecule has 0 amide bonds. The van der Waals surface area contributed by atoms with Gasteiger partial charge in [-0.3, -0.25) is 0 Å². The highest BCUT2D eigenvalue weighted by atomic mass is 32.1. The molecule has 1 aromatic carbocycles. The van der Waals surface area contributed by atoms with E-state index in [2.05, 4.69) is 50.9 Å². The number of aromatic nitrogens is 1. The Labute approximate surface area is 126 Å². The highest BCUT2D eigenvalue weighted by Gasteiger charge is 2.18. The number of hydrogen-bond acceptors (Lipinski definition) is 3. The smallest absolute Gasteiger partial charge is 0.0954 e. The zero-order chi connectivity index (χ0) is 14.8. The lowest BCUT2D eigenvalue weighted by Crippen LogP contribution is -2.26. The van der Waals surface area contributed by atoms with Crippen LogP contribution in [0.2, 0.25) is 0 Å². The fourth-order valence-corrected chi connectivity index (χ4v) is 4.02. The number of benzene rings is 1. The van der Waals surface area contributed by atoms with Crippen molar-refractivity contribution in [2.45, 2.75) is 53.0 Å². The van der Waals surface area contributed by atoms with Crippen LogP contribution >= 0.6 is 11.3 Å². The lowest BCUT2D eigenvalue weighted by Gasteiger charge is -2.25. The number of thiazole rings is 1. The number of nitrogens with zero attached hydrogens (tertiary/aromatic N) is 1. The van der Waals surface area contributed by atoms with Gasteiger partial charge in [0.25, 0.3) is 0 Å². The predicted molar refractivity (Wildman–Crippen MR) is 89.2 cm³/mol. The predicted octanol–water partition coefficient (Wildman–Crippen LogP) is 4.63. The van der Waals surface area contributed by atoms with Crippen molar-refractivity contribution in [3.8, 4) is 0 Å². The summed E-state index contributed by atoms with van der Waals surface area (Å²) in [7, 11) is 0. The zero-order valence-corrected chi connectivity index (χ0v) is 13.8. The largest absolute Gasteiger partial charge is 0.327 e. The van der Waals surface area contributed by atoms with Crippen LogP contribution in [0.15, 0.2) is 24.3 Å². The van der Waals surface area contributed by atoms with Crippen molar-refractivity contribution < 1.29 is 0 Å². The molecule has 0 fully saturated rings. The fourth-order valence-electron chi connectivity index (χ4n) is 2.96. The second kappa shape index (κ2) is 6.23. The SMILES string of the molecule is CC(CC(N)Cc1nc2ccccc2s1)CC(C)(C)C. The van der Waals surface area contributed by atoms with Crippen LogP contribution in [-0.2, 0) is 6.42 Å². The molecule has 2 atom stereocenters. The first-order valence-corrected chi connectivity index (χ1v) is 8.25. The maximum absolute atomic E-state index is 6.31. The highest BCUT2D eigenvalue weighted by Crippen LogP contribution is 2.28. The van der Waals surface area contributed by atoms with Crippen molar-refractivity contribution in [3.05, 3.63) is 29.3 Å². The van der Waals surface area contributed by atoms with Gasteiger partial charge in [0.05, 0.1) is 15.2 Å². The summed E-state index contributed by atoms with van der Waals surface area (Å²) in [5.74, 6) is 0.666. The Hall–Kier alpha value is -0.930. The summed E-state index contributed by atoms with van der Waals surface area (Å²) in [5.41, 5.74) is 7.80. The molecule has 2 N–H and O–H groups in total. The molecule has 0 aliphatic rings. The quantitative estimate of drug-likeness (QED) is 0.872. The third-order valence-electron chi connectivity index (χ3n) is 3.44. The maximum atomic E-state index is 6.31. The van der Waals surface area contributed by atoms with E-state index in [1.807, 2.05) is 6.07 Å². The van der Waals surface area contributed by atoms with Crippen LogP contribution in [0, 0.1) is 11.3 Å². The number of hydrogen-bond donors (Lipinski definition) is 1. The molecule has 0 aliphatic carbocycles. The molecule has 20 heavy (non-hydrogen) atoms. The molecule has 0 aliphatic heterocycles. The number of rotatable bonds is 5. The van der Waals surface area contributed by atoms with Crippen molar-refractivity contribution >= 4 is 21.6 Å². The van der Waals surface area contributed by atoms with Crippen LogP contribution in [0.5, 0.6) is 0 Å². The Balaban J connectivity index is 1.92. The van der Waals surface area contributed by atoms with E-state index in [-0.39, 0.29) is 6.04 Å². The second-order valence-electron chi connectivity index (χ2n) is 7.15. The Bertz CT molecular complexity index is 520. The molecule has 2 rings (SSSR count). The van der Waals surface area contributed by atoms with Gasteiger partial charge in [0, 0.05) is 12.5 Å². The molecule has 2 aromatic rings. The average molecular weight is 290 g/mol. The van der Waals surface area contributed by atoms with E-state index < -0.39 is 0 Å². The average Bonchev–Trinajstić information content (AvgIpc) is 2.67. The monoisotopic (exact) mass is 290 g/mol. The third-order valence-corrected chi connectivity index (χ3v) is 4.50. The van der Waals surface area contributed by atoms with Crippen LogP contribution in [-0.4, -0.2) is 11.0 Å². The fraction of sp³-hybridized carbons (Fsp3) is 0.588. The Morgan fingerprint density at radius 1 is 1.25 bits per heavy atom. The van der Waals surface area contributed by atoms with Gasteiger partial charge in [-0.25, -0.2) is 4.98 Å². The topological polar surface area (TPSA) is 38.9 Å². The molecule has 1 aromatic heterocycles. The van der Waals surface area contributed by atoms with Crippen LogP contribution in [0.25, 0.3) is 10.2 Å². The van der Waals surface area contributed by atoms with Gasteiger partial charge in [0.15, 0.2) is 0 Å². The van der Waals surface area contributed by atoms with Crippen molar-refractivity contribution in [1.29, 1.82) is 0 Å². The molecular formula is C17H26N2S. The summed E-state index contributed by atoms with van der Waals surface area (Å²) in [6.07, 6.45) is 3.20. The van der Waals surface area contributed by atoms with Gasteiger partial charge in [-0.05, 0) is 36.3 Å². The summed E-state index contributed by atoms with van der Waals surface area (Å²) in [4.78, 5) is 4.67. The molecule has 0 saturated carbocycles. The summed E-state index contributed by atoms with van der Waals surface area (Å²) < 4.78 is 1.26. The van der Waals surface area contributed by atoms with E-state index in [9.17, 15) is 0 Å². The van der Waals surface area contributed by atoms with Gasteiger partial charge < -0.3 is 5.73 Å². The minimum absolute atomic E-state index is 0.216. The molecule has 0 saturated heterocycles. The Morgan fingerprint density at radius 2 is 1.95 bits per heavy atom. The lowest BCUT2D eigenvalue weighted by molar-refractivity contribution is 0.285. The summed E-state index contributed by atoms with van der Waals surface area (Å²) in [6.45, 7) is 9.19. The number of para-hydroxylation sites is 1. The van der Waals surface area contributed by atoms with Crippen molar-refractivity contribution in [1.82, 2.24) is 4.98 Å². The van der Waals surface area contributed by atoms with Crippen LogP contribution in [0.3, 0.4) is 0 Å². The van der Waals surface area contributed by atoms with Crippen molar-refractivity contribution in [2.75, 3.05) is 0 Å². The van der Waals surface area contributed by atoms with Crippen LogP contribution in [0.1, 0.15) is 45.5 Å². The van der Waals surface area contributed by atoms with Gasteiger partial charge in [0.2, 0.25) is 0 Å². The van der Waals surface area contributed by atoms with E-state index >= 15 is 0 Å². The third kappa shape index (κ3) is 4.57. The summed E-state index contributed by atoms with van der Waals surface area (Å²) in [6, 6.07) is 8.52. The minimum Gasteiger partial charge on any atom is -0.327 e. The van der Waals surface area contributed by atoms with Crippen LogP contribution < -0.4 is 5.73 Å².